The fourth-order valence-corrected chi connectivity index (χ4v) is 2.99. The van der Waals surface area contributed by atoms with Gasteiger partial charge in [-0.3, -0.25) is 0 Å². The van der Waals surface area contributed by atoms with Crippen LogP contribution >= 0.6 is 0 Å². The van der Waals surface area contributed by atoms with Gasteiger partial charge in [-0.1, -0.05) is 13.8 Å². The zero-order chi connectivity index (χ0) is 11.6. The molecule has 3 nitrogen and oxygen atoms in total. The summed E-state index contributed by atoms with van der Waals surface area (Å²) in [6.45, 7) is 7.29. The van der Waals surface area contributed by atoms with Gasteiger partial charge in [0.2, 0.25) is 0 Å². The molecule has 3 heteroatoms. The molecule has 1 N–H and O–H groups in total. The minimum Gasteiger partial charge on any atom is -0.383 e. The fourth-order valence-electron chi connectivity index (χ4n) is 2.99. The quantitative estimate of drug-likeness (QED) is 0.782. The van der Waals surface area contributed by atoms with Gasteiger partial charge < -0.3 is 14.8 Å². The third-order valence-electron chi connectivity index (χ3n) is 4.30. The Hall–Kier alpha value is -0.120. The predicted molar refractivity (Wildman–Crippen MR) is 64.6 cm³/mol. The smallest absolute Gasteiger partial charge is 0.0858 e. The van der Waals surface area contributed by atoms with E-state index in [-0.39, 0.29) is 5.60 Å². The molecule has 2 aliphatic rings. The number of methoxy groups -OCH3 is 1. The van der Waals surface area contributed by atoms with E-state index in [1.54, 1.807) is 7.11 Å². The fraction of sp³-hybridized carbons (Fsp3) is 1.00. The molecule has 0 aromatic carbocycles. The van der Waals surface area contributed by atoms with E-state index >= 15 is 0 Å². The zero-order valence-corrected chi connectivity index (χ0v) is 10.8. The van der Waals surface area contributed by atoms with E-state index < -0.39 is 0 Å². The maximum Gasteiger partial charge on any atom is 0.0858 e. The molecule has 1 saturated carbocycles. The monoisotopic (exact) mass is 227 g/mol. The van der Waals surface area contributed by atoms with Gasteiger partial charge >= 0.3 is 0 Å². The van der Waals surface area contributed by atoms with E-state index in [0.717, 1.165) is 19.8 Å². The maximum absolute atomic E-state index is 6.12. The number of rotatable bonds is 2. The highest BCUT2D eigenvalue weighted by Crippen LogP contribution is 2.44. The lowest BCUT2D eigenvalue weighted by atomic mass is 9.68. The molecule has 1 aliphatic heterocycles. The minimum absolute atomic E-state index is 0.0454. The second-order valence-electron chi connectivity index (χ2n) is 6.04. The molecule has 2 fully saturated rings. The molecule has 0 bridgehead atoms. The van der Waals surface area contributed by atoms with Crippen molar-refractivity contribution in [2.75, 3.05) is 26.9 Å². The second kappa shape index (κ2) is 4.63. The van der Waals surface area contributed by atoms with Gasteiger partial charge in [0.15, 0.2) is 0 Å². The normalized spacial score (nSPS) is 32.8. The highest BCUT2D eigenvalue weighted by molar-refractivity contribution is 5.00. The number of ether oxygens (including phenoxy) is 2. The van der Waals surface area contributed by atoms with Crippen molar-refractivity contribution < 1.29 is 9.47 Å². The average molecular weight is 227 g/mol. The summed E-state index contributed by atoms with van der Waals surface area (Å²) >= 11 is 0. The van der Waals surface area contributed by atoms with Gasteiger partial charge in [0.25, 0.3) is 0 Å². The second-order valence-corrected chi connectivity index (χ2v) is 6.04. The van der Waals surface area contributed by atoms with Crippen LogP contribution < -0.4 is 5.32 Å². The highest BCUT2D eigenvalue weighted by atomic mass is 16.5. The minimum atomic E-state index is 0.0454. The van der Waals surface area contributed by atoms with E-state index in [1.807, 2.05) is 0 Å². The molecular formula is C13H25NO2. The highest BCUT2D eigenvalue weighted by Gasteiger charge is 2.46. The Kier molecular flexibility index (Phi) is 3.57. The Morgan fingerprint density at radius 2 is 1.94 bits per heavy atom. The number of nitrogens with one attached hydrogen (secondary N) is 1. The molecule has 2 rings (SSSR count). The molecule has 94 valence electrons. The van der Waals surface area contributed by atoms with Crippen molar-refractivity contribution in [3.05, 3.63) is 0 Å². The van der Waals surface area contributed by atoms with Gasteiger partial charge in [-0.15, -0.1) is 0 Å². The van der Waals surface area contributed by atoms with Crippen molar-refractivity contribution >= 4 is 0 Å². The summed E-state index contributed by atoms with van der Waals surface area (Å²) in [5.74, 6) is 0. The number of hydrogen-bond acceptors (Lipinski definition) is 3. The van der Waals surface area contributed by atoms with E-state index in [2.05, 4.69) is 19.2 Å². The van der Waals surface area contributed by atoms with Crippen LogP contribution in [0.2, 0.25) is 0 Å². The molecule has 16 heavy (non-hydrogen) atoms. The Bertz CT molecular complexity index is 228. The lowest BCUT2D eigenvalue weighted by Gasteiger charge is -2.50. The SMILES string of the molecule is COCC1NCCOC12CCC(C)(C)CC2. The van der Waals surface area contributed by atoms with Gasteiger partial charge in [0.05, 0.1) is 24.9 Å². The Balaban J connectivity index is 2.04. The van der Waals surface area contributed by atoms with Crippen LogP contribution in [0.1, 0.15) is 39.5 Å². The van der Waals surface area contributed by atoms with Crippen molar-refractivity contribution in [2.24, 2.45) is 5.41 Å². The number of hydrogen-bond donors (Lipinski definition) is 1. The van der Waals surface area contributed by atoms with E-state index in [0.29, 0.717) is 11.5 Å². The van der Waals surface area contributed by atoms with Crippen molar-refractivity contribution in [2.45, 2.75) is 51.2 Å². The molecule has 1 unspecified atom stereocenters. The van der Waals surface area contributed by atoms with Gasteiger partial charge in [0, 0.05) is 13.7 Å². The summed E-state index contributed by atoms with van der Waals surface area (Å²) in [6.07, 6.45) is 4.85. The van der Waals surface area contributed by atoms with Crippen molar-refractivity contribution in [3.8, 4) is 0 Å². The lowest BCUT2D eigenvalue weighted by Crippen LogP contribution is -2.61. The van der Waals surface area contributed by atoms with Crippen LogP contribution in [0.3, 0.4) is 0 Å². The summed E-state index contributed by atoms with van der Waals surface area (Å²) in [5.41, 5.74) is 0.535. The molecule has 1 saturated heterocycles. The molecule has 0 amide bonds. The van der Waals surface area contributed by atoms with Gasteiger partial charge in [-0.05, 0) is 31.1 Å². The predicted octanol–water partition coefficient (Wildman–Crippen LogP) is 1.96. The Labute approximate surface area is 98.9 Å². The van der Waals surface area contributed by atoms with Gasteiger partial charge in [0.1, 0.15) is 0 Å². The van der Waals surface area contributed by atoms with E-state index in [1.165, 1.54) is 25.7 Å². The molecule has 1 heterocycles. The van der Waals surface area contributed by atoms with Crippen molar-refractivity contribution in [1.29, 1.82) is 0 Å². The molecule has 1 aliphatic carbocycles. The third kappa shape index (κ3) is 2.41. The van der Waals surface area contributed by atoms with Crippen LogP contribution in [0, 0.1) is 5.41 Å². The molecule has 1 atom stereocenters. The van der Waals surface area contributed by atoms with Crippen LogP contribution in [0.25, 0.3) is 0 Å². The largest absolute Gasteiger partial charge is 0.383 e. The Morgan fingerprint density at radius 1 is 1.25 bits per heavy atom. The maximum atomic E-state index is 6.12. The summed E-state index contributed by atoms with van der Waals surface area (Å²) < 4.78 is 11.4. The van der Waals surface area contributed by atoms with Crippen molar-refractivity contribution in [3.63, 3.8) is 0 Å². The molecule has 0 aromatic heterocycles. The number of morpholine rings is 1. The van der Waals surface area contributed by atoms with E-state index in [9.17, 15) is 0 Å². The first-order valence-corrected chi connectivity index (χ1v) is 6.44. The topological polar surface area (TPSA) is 30.5 Å². The van der Waals surface area contributed by atoms with Crippen LogP contribution in [-0.2, 0) is 9.47 Å². The zero-order valence-electron chi connectivity index (χ0n) is 10.8. The molecule has 0 aromatic rings. The lowest BCUT2D eigenvalue weighted by molar-refractivity contribution is -0.141. The summed E-state index contributed by atoms with van der Waals surface area (Å²) in [7, 11) is 1.77. The molecular weight excluding hydrogens is 202 g/mol. The van der Waals surface area contributed by atoms with Crippen molar-refractivity contribution in [1.82, 2.24) is 5.32 Å². The average Bonchev–Trinajstić information content (AvgIpc) is 2.26. The van der Waals surface area contributed by atoms with Crippen LogP contribution in [0.15, 0.2) is 0 Å². The summed E-state index contributed by atoms with van der Waals surface area (Å²) in [5, 5.41) is 3.56. The first-order chi connectivity index (χ1) is 7.58. The molecule has 0 radical (unpaired) electrons. The summed E-state index contributed by atoms with van der Waals surface area (Å²) in [6, 6.07) is 0.377. The Morgan fingerprint density at radius 3 is 2.56 bits per heavy atom. The first kappa shape index (κ1) is 12.3. The van der Waals surface area contributed by atoms with Crippen LogP contribution in [-0.4, -0.2) is 38.5 Å². The standard InChI is InChI=1S/C13H25NO2/c1-12(2)4-6-13(7-5-12)11(10-15-3)14-8-9-16-13/h11,14H,4-10H2,1-3H3. The third-order valence-corrected chi connectivity index (χ3v) is 4.30. The first-order valence-electron chi connectivity index (χ1n) is 6.44. The van der Waals surface area contributed by atoms with E-state index in [4.69, 9.17) is 9.47 Å². The van der Waals surface area contributed by atoms with Crippen LogP contribution in [0.4, 0.5) is 0 Å². The van der Waals surface area contributed by atoms with Gasteiger partial charge in [-0.25, -0.2) is 0 Å². The van der Waals surface area contributed by atoms with Crippen LogP contribution in [0.5, 0.6) is 0 Å². The van der Waals surface area contributed by atoms with Gasteiger partial charge in [-0.2, -0.15) is 0 Å². The summed E-state index contributed by atoms with van der Waals surface area (Å²) in [4.78, 5) is 0. The molecule has 1 spiro atoms.